The molecule has 0 atom stereocenters. The quantitative estimate of drug-likeness (QED) is 0.407. The van der Waals surface area contributed by atoms with Gasteiger partial charge in [-0.15, -0.1) is 0 Å². The monoisotopic (exact) mass is 157 g/mol. The molecule has 0 spiro atoms. The second kappa shape index (κ2) is 9.18. The summed E-state index contributed by atoms with van der Waals surface area (Å²) in [6, 6.07) is 0. The molecular formula is C8H17OSi. The SMILES string of the molecule is CCCCCCCCO[Si]. The lowest BCUT2D eigenvalue weighted by atomic mass is 10.1. The molecule has 0 rings (SSSR count). The Bertz CT molecular complexity index is 49.2. The van der Waals surface area contributed by atoms with Gasteiger partial charge >= 0.3 is 0 Å². The van der Waals surface area contributed by atoms with E-state index in [0.29, 0.717) is 0 Å². The summed E-state index contributed by atoms with van der Waals surface area (Å²) >= 11 is 0. The van der Waals surface area contributed by atoms with Crippen molar-refractivity contribution in [2.24, 2.45) is 0 Å². The van der Waals surface area contributed by atoms with Gasteiger partial charge in [0.05, 0.1) is 0 Å². The zero-order valence-electron chi connectivity index (χ0n) is 6.86. The van der Waals surface area contributed by atoms with Crippen molar-refractivity contribution in [3.8, 4) is 0 Å². The summed E-state index contributed by atoms with van der Waals surface area (Å²) < 4.78 is 4.75. The first-order chi connectivity index (χ1) is 4.91. The lowest BCUT2D eigenvalue weighted by Gasteiger charge is -1.98. The molecule has 0 aliphatic rings. The van der Waals surface area contributed by atoms with Crippen LogP contribution in [0.1, 0.15) is 45.4 Å². The lowest BCUT2D eigenvalue weighted by molar-refractivity contribution is 0.333. The molecule has 2 heteroatoms. The molecule has 10 heavy (non-hydrogen) atoms. The normalized spacial score (nSPS) is 10.2. The number of hydrogen-bond donors (Lipinski definition) is 0. The Morgan fingerprint density at radius 1 is 1.00 bits per heavy atom. The molecule has 3 radical (unpaired) electrons. The largest absolute Gasteiger partial charge is 0.419 e. The van der Waals surface area contributed by atoms with E-state index in [4.69, 9.17) is 4.43 Å². The molecule has 0 aromatic heterocycles. The standard InChI is InChI=1S/C8H17OSi/c1-2-3-4-5-6-7-8-9-10/h2-8H2,1H3. The summed E-state index contributed by atoms with van der Waals surface area (Å²) in [6.45, 7) is 3.09. The number of unbranched alkanes of at least 4 members (excludes halogenated alkanes) is 5. The molecule has 0 fully saturated rings. The van der Waals surface area contributed by atoms with Gasteiger partial charge in [0.15, 0.2) is 0 Å². The molecule has 0 N–H and O–H groups in total. The highest BCUT2D eigenvalue weighted by molar-refractivity contribution is 5.97. The van der Waals surface area contributed by atoms with Crippen molar-refractivity contribution in [1.29, 1.82) is 0 Å². The number of hydrogen-bond acceptors (Lipinski definition) is 1. The van der Waals surface area contributed by atoms with Gasteiger partial charge in [-0.3, -0.25) is 0 Å². The fraction of sp³-hybridized carbons (Fsp3) is 1.00. The fourth-order valence-corrected chi connectivity index (χ4v) is 1.10. The Morgan fingerprint density at radius 2 is 1.60 bits per heavy atom. The predicted molar refractivity (Wildman–Crippen MR) is 45.1 cm³/mol. The third kappa shape index (κ3) is 8.18. The van der Waals surface area contributed by atoms with E-state index < -0.39 is 0 Å². The minimum Gasteiger partial charge on any atom is -0.419 e. The van der Waals surface area contributed by atoms with Gasteiger partial charge in [0.1, 0.15) is 0 Å². The van der Waals surface area contributed by atoms with Crippen LogP contribution in [-0.4, -0.2) is 17.1 Å². The Balaban J connectivity index is 2.65. The van der Waals surface area contributed by atoms with E-state index in [1.54, 1.807) is 0 Å². The topological polar surface area (TPSA) is 9.23 Å². The van der Waals surface area contributed by atoms with E-state index in [1.807, 2.05) is 0 Å². The molecule has 0 heterocycles. The zero-order chi connectivity index (χ0) is 7.66. The van der Waals surface area contributed by atoms with Gasteiger partial charge in [-0.1, -0.05) is 39.0 Å². The van der Waals surface area contributed by atoms with E-state index in [9.17, 15) is 0 Å². The smallest absolute Gasteiger partial charge is 0.246 e. The van der Waals surface area contributed by atoms with E-state index >= 15 is 0 Å². The van der Waals surface area contributed by atoms with Crippen LogP contribution in [0.25, 0.3) is 0 Å². The Kier molecular flexibility index (Phi) is 9.34. The Labute approximate surface area is 67.7 Å². The summed E-state index contributed by atoms with van der Waals surface area (Å²) in [4.78, 5) is 0. The number of rotatable bonds is 7. The van der Waals surface area contributed by atoms with Crippen LogP contribution in [0.15, 0.2) is 0 Å². The third-order valence-electron chi connectivity index (χ3n) is 1.60. The highest BCUT2D eigenvalue weighted by atomic mass is 28.2. The van der Waals surface area contributed by atoms with E-state index in [2.05, 4.69) is 17.4 Å². The van der Waals surface area contributed by atoms with Crippen LogP contribution in [0.5, 0.6) is 0 Å². The molecule has 0 aromatic carbocycles. The van der Waals surface area contributed by atoms with Gasteiger partial charge in [-0.2, -0.15) is 0 Å². The van der Waals surface area contributed by atoms with Crippen molar-refractivity contribution in [3.05, 3.63) is 0 Å². The second-order valence-corrected chi connectivity index (χ2v) is 2.90. The molecule has 0 unspecified atom stereocenters. The average molecular weight is 157 g/mol. The van der Waals surface area contributed by atoms with Gasteiger partial charge in [-0.25, -0.2) is 0 Å². The third-order valence-corrected chi connectivity index (χ3v) is 1.80. The van der Waals surface area contributed by atoms with Gasteiger partial charge in [0.25, 0.3) is 0 Å². The minimum absolute atomic E-state index is 0.850. The summed E-state index contributed by atoms with van der Waals surface area (Å²) in [5, 5.41) is 0. The minimum atomic E-state index is 0.850. The van der Waals surface area contributed by atoms with Gasteiger partial charge < -0.3 is 4.43 Å². The molecular weight excluding hydrogens is 140 g/mol. The second-order valence-electron chi connectivity index (χ2n) is 2.62. The van der Waals surface area contributed by atoms with Gasteiger partial charge in [0, 0.05) is 6.61 Å². The molecule has 0 aliphatic heterocycles. The highest BCUT2D eigenvalue weighted by Crippen LogP contribution is 2.04. The zero-order valence-corrected chi connectivity index (χ0v) is 7.86. The first-order valence-corrected chi connectivity index (χ1v) is 4.61. The Hall–Kier alpha value is 0.177. The molecule has 0 bridgehead atoms. The van der Waals surface area contributed by atoms with Crippen molar-refractivity contribution in [3.63, 3.8) is 0 Å². The predicted octanol–water partition coefficient (Wildman–Crippen LogP) is 2.45. The summed E-state index contributed by atoms with van der Waals surface area (Å²) in [5.74, 6) is 0. The van der Waals surface area contributed by atoms with Crippen LogP contribution in [0.4, 0.5) is 0 Å². The van der Waals surface area contributed by atoms with Crippen LogP contribution in [0.3, 0.4) is 0 Å². The van der Waals surface area contributed by atoms with Gasteiger partial charge in [-0.05, 0) is 6.42 Å². The summed E-state index contributed by atoms with van der Waals surface area (Å²) in [6.07, 6.45) is 7.96. The maximum absolute atomic E-state index is 4.75. The van der Waals surface area contributed by atoms with E-state index in [1.165, 1.54) is 38.5 Å². The maximum Gasteiger partial charge on any atom is 0.246 e. The van der Waals surface area contributed by atoms with Crippen LogP contribution < -0.4 is 0 Å². The van der Waals surface area contributed by atoms with Crippen LogP contribution in [-0.2, 0) is 4.43 Å². The van der Waals surface area contributed by atoms with Crippen molar-refractivity contribution in [1.82, 2.24) is 0 Å². The molecule has 0 aliphatic carbocycles. The Morgan fingerprint density at radius 3 is 2.20 bits per heavy atom. The molecule has 0 saturated carbocycles. The summed E-state index contributed by atoms with van der Waals surface area (Å²) in [5.41, 5.74) is 0. The highest BCUT2D eigenvalue weighted by Gasteiger charge is 1.87. The lowest BCUT2D eigenvalue weighted by Crippen LogP contribution is -1.89. The fourth-order valence-electron chi connectivity index (χ4n) is 0.955. The first-order valence-electron chi connectivity index (χ1n) is 4.20. The maximum atomic E-state index is 4.75. The van der Waals surface area contributed by atoms with Crippen LogP contribution in [0.2, 0.25) is 0 Å². The molecule has 0 amide bonds. The molecule has 59 valence electrons. The van der Waals surface area contributed by atoms with Gasteiger partial charge in [0.2, 0.25) is 10.5 Å². The van der Waals surface area contributed by atoms with Crippen molar-refractivity contribution < 1.29 is 4.43 Å². The summed E-state index contributed by atoms with van der Waals surface area (Å²) in [7, 11) is 2.98. The van der Waals surface area contributed by atoms with E-state index in [-0.39, 0.29) is 0 Å². The van der Waals surface area contributed by atoms with Crippen molar-refractivity contribution >= 4 is 10.5 Å². The molecule has 0 saturated heterocycles. The van der Waals surface area contributed by atoms with Crippen LogP contribution in [0, 0.1) is 0 Å². The van der Waals surface area contributed by atoms with Crippen LogP contribution >= 0.6 is 0 Å². The van der Waals surface area contributed by atoms with E-state index in [0.717, 1.165) is 6.61 Å². The molecule has 0 aromatic rings. The van der Waals surface area contributed by atoms with Crippen molar-refractivity contribution in [2.75, 3.05) is 6.61 Å². The molecule has 1 nitrogen and oxygen atoms in total. The average Bonchev–Trinajstić information content (AvgIpc) is 1.97. The van der Waals surface area contributed by atoms with Crippen molar-refractivity contribution in [2.45, 2.75) is 45.4 Å². The first kappa shape index (κ1) is 10.2.